The quantitative estimate of drug-likeness (QED) is 0.883. The second-order valence-electron chi connectivity index (χ2n) is 5.26. The van der Waals surface area contributed by atoms with Gasteiger partial charge in [0.05, 0.1) is 6.10 Å². The van der Waals surface area contributed by atoms with Gasteiger partial charge in [-0.1, -0.05) is 24.3 Å². The minimum atomic E-state index is 0.0324. The third kappa shape index (κ3) is 2.89. The molecule has 0 aromatic heterocycles. The van der Waals surface area contributed by atoms with Gasteiger partial charge in [0.2, 0.25) is 0 Å². The number of rotatable bonds is 2. The van der Waals surface area contributed by atoms with E-state index in [9.17, 15) is 4.79 Å². The average Bonchev–Trinajstić information content (AvgIpc) is 2.97. The van der Waals surface area contributed by atoms with Crippen molar-refractivity contribution in [3.05, 3.63) is 35.4 Å². The number of amides is 2. The lowest BCUT2D eigenvalue weighted by atomic mass is 10.0. The van der Waals surface area contributed by atoms with Crippen molar-refractivity contribution >= 4 is 6.03 Å². The highest BCUT2D eigenvalue weighted by Crippen LogP contribution is 2.18. The number of nitrogens with zero attached hydrogens (tertiary/aromatic N) is 1. The number of fused-ring (bicyclic) bond motifs is 1. The molecule has 2 aliphatic rings. The van der Waals surface area contributed by atoms with Gasteiger partial charge in [-0.25, -0.2) is 4.79 Å². The van der Waals surface area contributed by atoms with Gasteiger partial charge in [-0.2, -0.15) is 0 Å². The van der Waals surface area contributed by atoms with Crippen molar-refractivity contribution in [1.29, 1.82) is 0 Å². The van der Waals surface area contributed by atoms with Gasteiger partial charge in [-0.05, 0) is 30.4 Å². The van der Waals surface area contributed by atoms with Crippen molar-refractivity contribution in [2.75, 3.05) is 19.7 Å². The summed E-state index contributed by atoms with van der Waals surface area (Å²) < 4.78 is 5.51. The molecule has 2 amide bonds. The van der Waals surface area contributed by atoms with Gasteiger partial charge >= 0.3 is 6.03 Å². The van der Waals surface area contributed by atoms with Gasteiger partial charge in [0.25, 0.3) is 0 Å². The summed E-state index contributed by atoms with van der Waals surface area (Å²) in [5.41, 5.74) is 2.63. The molecule has 102 valence electrons. The summed E-state index contributed by atoms with van der Waals surface area (Å²) >= 11 is 0. The maximum atomic E-state index is 12.1. The van der Waals surface area contributed by atoms with Crippen LogP contribution in [0.2, 0.25) is 0 Å². The maximum Gasteiger partial charge on any atom is 0.317 e. The van der Waals surface area contributed by atoms with Crippen LogP contribution in [0.15, 0.2) is 24.3 Å². The van der Waals surface area contributed by atoms with Gasteiger partial charge in [0.15, 0.2) is 0 Å². The zero-order valence-corrected chi connectivity index (χ0v) is 11.1. The molecular formula is C15H20N2O2. The predicted octanol–water partition coefficient (Wildman–Crippen LogP) is 1.93. The lowest BCUT2D eigenvalue weighted by Crippen LogP contribution is -2.44. The topological polar surface area (TPSA) is 41.6 Å². The van der Waals surface area contributed by atoms with Crippen LogP contribution in [-0.4, -0.2) is 36.7 Å². The summed E-state index contributed by atoms with van der Waals surface area (Å²) in [5, 5.41) is 2.99. The van der Waals surface area contributed by atoms with E-state index in [2.05, 4.69) is 23.5 Å². The van der Waals surface area contributed by atoms with Crippen molar-refractivity contribution in [1.82, 2.24) is 10.2 Å². The first-order valence-corrected chi connectivity index (χ1v) is 7.04. The number of hydrogen-bond acceptors (Lipinski definition) is 2. The standard InChI is InChI=1S/C15H20N2O2/c18-15(16-10-14-6-3-9-19-14)17-8-7-12-4-1-2-5-13(12)11-17/h1-2,4-5,14H,3,6-11H2,(H,16,18)/t14-/m1/s1. The molecule has 0 radical (unpaired) electrons. The van der Waals surface area contributed by atoms with Crippen LogP contribution < -0.4 is 5.32 Å². The first kappa shape index (κ1) is 12.5. The minimum Gasteiger partial charge on any atom is -0.376 e. The lowest BCUT2D eigenvalue weighted by Gasteiger charge is -2.29. The molecule has 3 rings (SSSR count). The lowest BCUT2D eigenvalue weighted by molar-refractivity contribution is 0.108. The molecule has 1 fully saturated rings. The van der Waals surface area contributed by atoms with Gasteiger partial charge in [0, 0.05) is 26.2 Å². The molecule has 1 N–H and O–H groups in total. The number of carbonyl (C=O) groups excluding carboxylic acids is 1. The molecule has 4 heteroatoms. The van der Waals surface area contributed by atoms with E-state index in [1.54, 1.807) is 0 Å². The van der Waals surface area contributed by atoms with Crippen LogP contribution in [0.3, 0.4) is 0 Å². The third-order valence-electron chi connectivity index (χ3n) is 3.92. The molecule has 2 heterocycles. The highest BCUT2D eigenvalue weighted by molar-refractivity contribution is 5.74. The highest BCUT2D eigenvalue weighted by atomic mass is 16.5. The number of urea groups is 1. The van der Waals surface area contributed by atoms with Crippen LogP contribution in [0.5, 0.6) is 0 Å². The Balaban J connectivity index is 1.54. The van der Waals surface area contributed by atoms with Crippen LogP contribution in [0.1, 0.15) is 24.0 Å². The van der Waals surface area contributed by atoms with Gasteiger partial charge in [-0.15, -0.1) is 0 Å². The number of carbonyl (C=O) groups is 1. The molecule has 1 aromatic carbocycles. The van der Waals surface area contributed by atoms with Crippen LogP contribution in [0, 0.1) is 0 Å². The van der Waals surface area contributed by atoms with Crippen molar-refractivity contribution in [2.24, 2.45) is 0 Å². The smallest absolute Gasteiger partial charge is 0.317 e. The molecule has 2 aliphatic heterocycles. The van der Waals surface area contributed by atoms with Crippen LogP contribution in [0.4, 0.5) is 4.79 Å². The molecule has 19 heavy (non-hydrogen) atoms. The fourth-order valence-corrected chi connectivity index (χ4v) is 2.79. The Morgan fingerprint density at radius 3 is 3.00 bits per heavy atom. The molecule has 0 bridgehead atoms. The fraction of sp³-hybridized carbons (Fsp3) is 0.533. The van der Waals surface area contributed by atoms with Crippen molar-refractivity contribution in [3.8, 4) is 0 Å². The molecule has 0 unspecified atom stereocenters. The summed E-state index contributed by atoms with van der Waals surface area (Å²) in [6.07, 6.45) is 3.32. The third-order valence-corrected chi connectivity index (χ3v) is 3.92. The van der Waals surface area contributed by atoms with E-state index >= 15 is 0 Å². The van der Waals surface area contributed by atoms with E-state index in [0.29, 0.717) is 13.1 Å². The minimum absolute atomic E-state index is 0.0324. The Hall–Kier alpha value is -1.55. The first-order chi connectivity index (χ1) is 9.33. The Labute approximate surface area is 113 Å². The number of ether oxygens (including phenoxy) is 1. The van der Waals surface area contributed by atoms with Crippen molar-refractivity contribution in [2.45, 2.75) is 31.9 Å². The number of benzene rings is 1. The van der Waals surface area contributed by atoms with E-state index in [-0.39, 0.29) is 12.1 Å². The molecular weight excluding hydrogens is 240 g/mol. The Kier molecular flexibility index (Phi) is 3.69. The molecule has 4 nitrogen and oxygen atoms in total. The Morgan fingerprint density at radius 1 is 1.37 bits per heavy atom. The fourth-order valence-electron chi connectivity index (χ4n) is 2.79. The largest absolute Gasteiger partial charge is 0.376 e. The summed E-state index contributed by atoms with van der Waals surface area (Å²) in [7, 11) is 0. The van der Waals surface area contributed by atoms with Gasteiger partial charge < -0.3 is 15.0 Å². The molecule has 0 aliphatic carbocycles. The SMILES string of the molecule is O=C(NC[C@H]1CCCO1)N1CCc2ccccc2C1. The summed E-state index contributed by atoms with van der Waals surface area (Å²) in [4.78, 5) is 14.0. The van der Waals surface area contributed by atoms with E-state index < -0.39 is 0 Å². The average molecular weight is 260 g/mol. The van der Waals surface area contributed by atoms with Crippen LogP contribution in [-0.2, 0) is 17.7 Å². The van der Waals surface area contributed by atoms with E-state index in [1.807, 2.05) is 11.0 Å². The summed E-state index contributed by atoms with van der Waals surface area (Å²) in [6.45, 7) is 2.98. The summed E-state index contributed by atoms with van der Waals surface area (Å²) in [6, 6.07) is 8.38. The zero-order chi connectivity index (χ0) is 13.1. The first-order valence-electron chi connectivity index (χ1n) is 7.04. The second kappa shape index (κ2) is 5.61. The van der Waals surface area contributed by atoms with Crippen LogP contribution >= 0.6 is 0 Å². The Morgan fingerprint density at radius 2 is 2.21 bits per heavy atom. The van der Waals surface area contributed by atoms with Gasteiger partial charge in [-0.3, -0.25) is 0 Å². The molecule has 1 atom stereocenters. The van der Waals surface area contributed by atoms with E-state index in [4.69, 9.17) is 4.74 Å². The van der Waals surface area contributed by atoms with E-state index in [0.717, 1.165) is 32.4 Å². The predicted molar refractivity (Wildman–Crippen MR) is 72.9 cm³/mol. The molecule has 1 saturated heterocycles. The maximum absolute atomic E-state index is 12.1. The zero-order valence-electron chi connectivity index (χ0n) is 11.1. The summed E-state index contributed by atoms with van der Waals surface area (Å²) in [5.74, 6) is 0. The molecule has 0 saturated carbocycles. The van der Waals surface area contributed by atoms with Crippen LogP contribution in [0.25, 0.3) is 0 Å². The monoisotopic (exact) mass is 260 g/mol. The Bertz CT molecular complexity index is 455. The van der Waals surface area contributed by atoms with E-state index in [1.165, 1.54) is 11.1 Å². The molecule has 1 aromatic rings. The highest BCUT2D eigenvalue weighted by Gasteiger charge is 2.22. The van der Waals surface area contributed by atoms with Crippen molar-refractivity contribution < 1.29 is 9.53 Å². The number of nitrogens with one attached hydrogen (secondary N) is 1. The second-order valence-corrected chi connectivity index (χ2v) is 5.26. The van der Waals surface area contributed by atoms with Crippen molar-refractivity contribution in [3.63, 3.8) is 0 Å². The normalized spacial score (nSPS) is 22.1. The number of hydrogen-bond donors (Lipinski definition) is 1. The van der Waals surface area contributed by atoms with Gasteiger partial charge in [0.1, 0.15) is 0 Å². The molecule has 0 spiro atoms.